The second-order valence-corrected chi connectivity index (χ2v) is 5.24. The van der Waals surface area contributed by atoms with Crippen molar-refractivity contribution in [3.8, 4) is 5.75 Å². The summed E-state index contributed by atoms with van der Waals surface area (Å²) in [5, 5.41) is 13.4. The van der Waals surface area contributed by atoms with E-state index in [0.29, 0.717) is 13.2 Å². The summed E-state index contributed by atoms with van der Waals surface area (Å²) in [5.41, 5.74) is 2.37. The van der Waals surface area contributed by atoms with Crippen molar-refractivity contribution < 1.29 is 14.5 Å². The maximum absolute atomic E-state index is 11.9. The Balaban J connectivity index is 1.85. The van der Waals surface area contributed by atoms with Gasteiger partial charge in [0.25, 0.3) is 11.6 Å². The minimum atomic E-state index is -0.528. The molecule has 0 spiro atoms. The third-order valence-corrected chi connectivity index (χ3v) is 3.17. The molecule has 1 N–H and O–H groups in total. The van der Waals surface area contributed by atoms with Gasteiger partial charge in [0.2, 0.25) is 0 Å². The van der Waals surface area contributed by atoms with Crippen LogP contribution in [0, 0.1) is 24.0 Å². The van der Waals surface area contributed by atoms with Gasteiger partial charge in [-0.05, 0) is 43.2 Å². The standard InChI is InChI=1S/C17H18N2O4/c1-12-8-13(2)10-16(9-12)23-7-6-18-17(20)14-4-3-5-15(11-14)19(21)22/h3-5,8-11H,6-7H2,1-2H3,(H,18,20). The van der Waals surface area contributed by atoms with E-state index in [-0.39, 0.29) is 17.2 Å². The lowest BCUT2D eigenvalue weighted by Crippen LogP contribution is -2.28. The Bertz CT molecular complexity index is 708. The zero-order valence-corrected chi connectivity index (χ0v) is 13.0. The highest BCUT2D eigenvalue weighted by Gasteiger charge is 2.10. The maximum Gasteiger partial charge on any atom is 0.270 e. The molecule has 0 heterocycles. The number of carbonyl (C=O) groups excluding carboxylic acids is 1. The highest BCUT2D eigenvalue weighted by Crippen LogP contribution is 2.16. The highest BCUT2D eigenvalue weighted by molar-refractivity contribution is 5.94. The van der Waals surface area contributed by atoms with E-state index in [1.807, 2.05) is 26.0 Å². The summed E-state index contributed by atoms with van der Waals surface area (Å²) in [4.78, 5) is 22.1. The molecule has 0 saturated heterocycles. The molecule has 0 saturated carbocycles. The molecule has 0 fully saturated rings. The van der Waals surface area contributed by atoms with Gasteiger partial charge < -0.3 is 10.1 Å². The largest absolute Gasteiger partial charge is 0.492 e. The van der Waals surface area contributed by atoms with E-state index in [1.54, 1.807) is 0 Å². The number of hydrogen-bond acceptors (Lipinski definition) is 4. The number of benzene rings is 2. The Kier molecular flexibility index (Phi) is 5.30. The van der Waals surface area contributed by atoms with Gasteiger partial charge in [0.1, 0.15) is 12.4 Å². The van der Waals surface area contributed by atoms with Crippen LogP contribution in [0.2, 0.25) is 0 Å². The molecule has 0 aliphatic rings. The van der Waals surface area contributed by atoms with Crippen LogP contribution in [-0.4, -0.2) is 24.0 Å². The van der Waals surface area contributed by atoms with Crippen molar-refractivity contribution in [1.29, 1.82) is 0 Å². The lowest BCUT2D eigenvalue weighted by atomic mass is 10.1. The summed E-state index contributed by atoms with van der Waals surface area (Å²) in [7, 11) is 0. The third kappa shape index (κ3) is 4.81. The number of nitro groups is 1. The van der Waals surface area contributed by atoms with E-state index in [0.717, 1.165) is 16.9 Å². The second kappa shape index (κ2) is 7.40. The molecule has 23 heavy (non-hydrogen) atoms. The molecule has 6 nitrogen and oxygen atoms in total. The van der Waals surface area contributed by atoms with Crippen LogP contribution in [0.5, 0.6) is 5.75 Å². The monoisotopic (exact) mass is 314 g/mol. The zero-order valence-electron chi connectivity index (χ0n) is 13.0. The van der Waals surface area contributed by atoms with Gasteiger partial charge in [-0.25, -0.2) is 0 Å². The summed E-state index contributed by atoms with van der Waals surface area (Å²) in [6.07, 6.45) is 0. The van der Waals surface area contributed by atoms with Crippen molar-refractivity contribution in [2.45, 2.75) is 13.8 Å². The Hall–Kier alpha value is -2.89. The van der Waals surface area contributed by atoms with Gasteiger partial charge in [-0.3, -0.25) is 14.9 Å². The summed E-state index contributed by atoms with van der Waals surface area (Å²) in [6.45, 7) is 4.62. The molecular formula is C17H18N2O4. The fourth-order valence-electron chi connectivity index (χ4n) is 2.21. The fraction of sp³-hybridized carbons (Fsp3) is 0.235. The molecular weight excluding hydrogens is 296 g/mol. The van der Waals surface area contributed by atoms with Crippen LogP contribution in [0.4, 0.5) is 5.69 Å². The molecule has 0 bridgehead atoms. The molecule has 2 aromatic rings. The van der Waals surface area contributed by atoms with Gasteiger partial charge in [-0.15, -0.1) is 0 Å². The van der Waals surface area contributed by atoms with Crippen LogP contribution >= 0.6 is 0 Å². The number of nitrogens with zero attached hydrogens (tertiary/aromatic N) is 1. The van der Waals surface area contributed by atoms with Gasteiger partial charge in [0.15, 0.2) is 0 Å². The summed E-state index contributed by atoms with van der Waals surface area (Å²) >= 11 is 0. The van der Waals surface area contributed by atoms with Crippen LogP contribution in [0.3, 0.4) is 0 Å². The smallest absolute Gasteiger partial charge is 0.270 e. The summed E-state index contributed by atoms with van der Waals surface area (Å²) in [6, 6.07) is 11.5. The normalized spacial score (nSPS) is 10.2. The molecule has 2 aromatic carbocycles. The molecule has 120 valence electrons. The second-order valence-electron chi connectivity index (χ2n) is 5.24. The minimum absolute atomic E-state index is 0.107. The van der Waals surface area contributed by atoms with Crippen molar-refractivity contribution in [3.05, 3.63) is 69.3 Å². The lowest BCUT2D eigenvalue weighted by molar-refractivity contribution is -0.384. The Morgan fingerprint density at radius 1 is 1.17 bits per heavy atom. The predicted octanol–water partition coefficient (Wildman–Crippen LogP) is 3.02. The molecule has 0 aromatic heterocycles. The zero-order chi connectivity index (χ0) is 16.8. The quantitative estimate of drug-likeness (QED) is 0.505. The molecule has 0 radical (unpaired) electrons. The van der Waals surface area contributed by atoms with Gasteiger partial charge in [0.05, 0.1) is 11.5 Å². The Morgan fingerprint density at radius 2 is 1.87 bits per heavy atom. The molecule has 1 amide bonds. The van der Waals surface area contributed by atoms with Gasteiger partial charge in [-0.1, -0.05) is 12.1 Å². The first-order chi connectivity index (χ1) is 11.0. The van der Waals surface area contributed by atoms with Gasteiger partial charge in [-0.2, -0.15) is 0 Å². The van der Waals surface area contributed by atoms with Crippen LogP contribution in [0.1, 0.15) is 21.5 Å². The third-order valence-electron chi connectivity index (χ3n) is 3.17. The Morgan fingerprint density at radius 3 is 2.52 bits per heavy atom. The first-order valence-electron chi connectivity index (χ1n) is 7.19. The number of nitro benzene ring substituents is 1. The molecule has 0 aliphatic heterocycles. The van der Waals surface area contributed by atoms with E-state index >= 15 is 0 Å². The highest BCUT2D eigenvalue weighted by atomic mass is 16.6. The van der Waals surface area contributed by atoms with E-state index in [9.17, 15) is 14.9 Å². The van der Waals surface area contributed by atoms with E-state index in [4.69, 9.17) is 4.74 Å². The molecule has 2 rings (SSSR count). The van der Waals surface area contributed by atoms with Crippen LogP contribution in [-0.2, 0) is 0 Å². The fourth-order valence-corrected chi connectivity index (χ4v) is 2.21. The van der Waals surface area contributed by atoms with Gasteiger partial charge in [0, 0.05) is 17.7 Å². The van der Waals surface area contributed by atoms with Crippen molar-refractivity contribution >= 4 is 11.6 Å². The molecule has 0 atom stereocenters. The lowest BCUT2D eigenvalue weighted by Gasteiger charge is -2.09. The predicted molar refractivity (Wildman–Crippen MR) is 86.8 cm³/mol. The average molecular weight is 314 g/mol. The summed E-state index contributed by atoms with van der Waals surface area (Å²) < 4.78 is 5.59. The first kappa shape index (κ1) is 16.5. The molecule has 0 unspecified atom stereocenters. The number of rotatable bonds is 6. The molecule has 6 heteroatoms. The first-order valence-corrected chi connectivity index (χ1v) is 7.19. The summed E-state index contributed by atoms with van der Waals surface area (Å²) in [5.74, 6) is 0.393. The molecule has 0 aliphatic carbocycles. The number of aryl methyl sites for hydroxylation is 2. The maximum atomic E-state index is 11.9. The van der Waals surface area contributed by atoms with Crippen LogP contribution in [0.15, 0.2) is 42.5 Å². The topological polar surface area (TPSA) is 81.5 Å². The van der Waals surface area contributed by atoms with E-state index < -0.39 is 4.92 Å². The van der Waals surface area contributed by atoms with Crippen molar-refractivity contribution in [3.63, 3.8) is 0 Å². The number of non-ortho nitro benzene ring substituents is 1. The number of ether oxygens (including phenoxy) is 1. The number of carbonyl (C=O) groups is 1. The van der Waals surface area contributed by atoms with E-state index in [1.165, 1.54) is 24.3 Å². The Labute approximate surface area is 134 Å². The van der Waals surface area contributed by atoms with Gasteiger partial charge >= 0.3 is 0 Å². The average Bonchev–Trinajstić information content (AvgIpc) is 2.50. The number of hydrogen-bond donors (Lipinski definition) is 1. The SMILES string of the molecule is Cc1cc(C)cc(OCCNC(=O)c2cccc([N+](=O)[O-])c2)c1. The van der Waals surface area contributed by atoms with Crippen LogP contribution in [0.25, 0.3) is 0 Å². The number of amides is 1. The van der Waals surface area contributed by atoms with Crippen molar-refractivity contribution in [1.82, 2.24) is 5.32 Å². The number of nitrogens with one attached hydrogen (secondary N) is 1. The van der Waals surface area contributed by atoms with Crippen molar-refractivity contribution in [2.75, 3.05) is 13.2 Å². The minimum Gasteiger partial charge on any atom is -0.492 e. The van der Waals surface area contributed by atoms with Crippen molar-refractivity contribution in [2.24, 2.45) is 0 Å². The van der Waals surface area contributed by atoms with E-state index in [2.05, 4.69) is 11.4 Å². The van der Waals surface area contributed by atoms with Crippen LogP contribution < -0.4 is 10.1 Å².